The predicted octanol–water partition coefficient (Wildman–Crippen LogP) is 2.14. The van der Waals surface area contributed by atoms with Crippen LogP contribution in [0.2, 0.25) is 0 Å². The molecule has 84 valence electrons. The lowest BCUT2D eigenvalue weighted by Crippen LogP contribution is -2.25. The smallest absolute Gasteiger partial charge is 0.402 e. The van der Waals surface area contributed by atoms with Crippen molar-refractivity contribution in [3.05, 3.63) is 33.9 Å². The Hall–Kier alpha value is -1.56. The maximum Gasteiger partial charge on any atom is 0.402 e. The summed E-state index contributed by atoms with van der Waals surface area (Å²) in [6.07, 6.45) is 0. The van der Waals surface area contributed by atoms with Crippen molar-refractivity contribution in [2.45, 2.75) is 6.92 Å². The van der Waals surface area contributed by atoms with Crippen LogP contribution in [0.3, 0.4) is 0 Å². The van der Waals surface area contributed by atoms with E-state index in [4.69, 9.17) is 4.74 Å². The van der Waals surface area contributed by atoms with E-state index in [0.717, 1.165) is 4.47 Å². The second-order valence-electron chi connectivity index (χ2n) is 3.02. The van der Waals surface area contributed by atoms with Crippen molar-refractivity contribution >= 4 is 15.9 Å². The summed E-state index contributed by atoms with van der Waals surface area (Å²) >= 11 is 3.32. The van der Waals surface area contributed by atoms with E-state index in [2.05, 4.69) is 25.7 Å². The normalized spacial score (nSPS) is 10.4. The summed E-state index contributed by atoms with van der Waals surface area (Å²) in [5.41, 5.74) is 0.984. The van der Waals surface area contributed by atoms with Gasteiger partial charge in [-0.15, -0.1) is 0 Å². The summed E-state index contributed by atoms with van der Waals surface area (Å²) in [5.74, 6) is 0.208. The predicted molar refractivity (Wildman–Crippen MR) is 59.8 cm³/mol. The molecule has 0 aliphatic carbocycles. The first-order valence-electron chi connectivity index (χ1n) is 4.71. The zero-order chi connectivity index (χ0) is 11.5. The molecule has 0 bridgehead atoms. The molecule has 2 rings (SSSR count). The number of nitrogens with zero attached hydrogens (tertiary/aromatic N) is 2. The third kappa shape index (κ3) is 2.01. The Balaban J connectivity index is 2.45. The van der Waals surface area contributed by atoms with Crippen LogP contribution >= 0.6 is 15.9 Å². The van der Waals surface area contributed by atoms with Crippen LogP contribution in [-0.4, -0.2) is 11.8 Å². The topological polar surface area (TPSA) is 62.2 Å². The fraction of sp³-hybridized carbons (Fsp3) is 0.200. The molecule has 0 atom stereocenters. The number of rotatable bonds is 3. The summed E-state index contributed by atoms with van der Waals surface area (Å²) < 4.78 is 10.6. The summed E-state index contributed by atoms with van der Waals surface area (Å²) in [7, 11) is 0. The van der Waals surface area contributed by atoms with Crippen molar-refractivity contribution in [2.24, 2.45) is 0 Å². The van der Waals surface area contributed by atoms with Crippen LogP contribution in [0.1, 0.15) is 6.92 Å². The van der Waals surface area contributed by atoms with Gasteiger partial charge in [0.05, 0.1) is 11.8 Å². The standard InChI is InChI=1S/C10H9BrN2O3/c1-2-15-10-9(13(14)16-12-10)7-3-5-8(11)6-4-7/h3-6H,2H2,1H3. The highest BCUT2D eigenvalue weighted by atomic mass is 79.9. The highest BCUT2D eigenvalue weighted by Gasteiger charge is 2.22. The van der Waals surface area contributed by atoms with Gasteiger partial charge in [-0.05, 0) is 36.1 Å². The van der Waals surface area contributed by atoms with Gasteiger partial charge in [-0.1, -0.05) is 15.9 Å². The first kappa shape index (κ1) is 10.9. The van der Waals surface area contributed by atoms with E-state index in [1.54, 1.807) is 12.1 Å². The average molecular weight is 285 g/mol. The van der Waals surface area contributed by atoms with Gasteiger partial charge in [-0.25, -0.2) is 0 Å². The quantitative estimate of drug-likeness (QED) is 0.810. The molecule has 5 nitrogen and oxygen atoms in total. The highest BCUT2D eigenvalue weighted by Crippen LogP contribution is 2.25. The van der Waals surface area contributed by atoms with Crippen molar-refractivity contribution in [1.82, 2.24) is 5.16 Å². The Labute approximate surface area is 100 Å². The van der Waals surface area contributed by atoms with Crippen LogP contribution < -0.4 is 9.64 Å². The molecule has 0 spiro atoms. The maximum atomic E-state index is 11.4. The van der Waals surface area contributed by atoms with Crippen molar-refractivity contribution in [1.29, 1.82) is 0 Å². The van der Waals surface area contributed by atoms with E-state index in [9.17, 15) is 5.21 Å². The third-order valence-corrected chi connectivity index (χ3v) is 2.51. The Morgan fingerprint density at radius 1 is 1.44 bits per heavy atom. The lowest BCUT2D eigenvalue weighted by atomic mass is 10.2. The van der Waals surface area contributed by atoms with Gasteiger partial charge in [0.1, 0.15) is 0 Å². The molecule has 0 N–H and O–H groups in total. The largest absolute Gasteiger partial charge is 0.455 e. The van der Waals surface area contributed by atoms with Gasteiger partial charge in [0.25, 0.3) is 5.69 Å². The van der Waals surface area contributed by atoms with Crippen LogP contribution in [0.5, 0.6) is 5.88 Å². The van der Waals surface area contributed by atoms with Crippen LogP contribution in [0.25, 0.3) is 11.3 Å². The summed E-state index contributed by atoms with van der Waals surface area (Å²) in [6.45, 7) is 2.24. The molecular weight excluding hydrogens is 276 g/mol. The van der Waals surface area contributed by atoms with Crippen molar-refractivity contribution in [3.63, 3.8) is 0 Å². The van der Waals surface area contributed by atoms with Crippen molar-refractivity contribution < 1.29 is 14.3 Å². The lowest BCUT2D eigenvalue weighted by molar-refractivity contribution is -0.793. The van der Waals surface area contributed by atoms with Gasteiger partial charge in [-0.2, -0.15) is 0 Å². The first-order chi connectivity index (χ1) is 7.72. The Morgan fingerprint density at radius 2 is 2.12 bits per heavy atom. The Morgan fingerprint density at radius 3 is 2.75 bits per heavy atom. The molecule has 16 heavy (non-hydrogen) atoms. The molecule has 0 amide bonds. The van der Waals surface area contributed by atoms with E-state index in [1.165, 1.54) is 0 Å². The van der Waals surface area contributed by atoms with Gasteiger partial charge in [0.2, 0.25) is 0 Å². The fourth-order valence-electron chi connectivity index (χ4n) is 1.30. The monoisotopic (exact) mass is 284 g/mol. The molecule has 0 aliphatic rings. The molecule has 0 radical (unpaired) electrons. The minimum Gasteiger partial charge on any atom is -0.455 e. The number of ether oxygens (including phenoxy) is 1. The molecule has 1 aromatic carbocycles. The number of halogens is 1. The van der Waals surface area contributed by atoms with Gasteiger partial charge < -0.3 is 9.94 Å². The molecule has 6 heteroatoms. The Kier molecular flexibility index (Phi) is 3.09. The molecule has 1 aromatic heterocycles. The van der Waals surface area contributed by atoms with E-state index in [1.807, 2.05) is 19.1 Å². The second-order valence-corrected chi connectivity index (χ2v) is 3.94. The van der Waals surface area contributed by atoms with E-state index >= 15 is 0 Å². The zero-order valence-corrected chi connectivity index (χ0v) is 10.1. The Bertz CT molecular complexity index is 481. The minimum absolute atomic E-state index is 0.208. The highest BCUT2D eigenvalue weighted by molar-refractivity contribution is 9.10. The molecule has 2 aromatic rings. The number of hydrogen-bond acceptors (Lipinski definition) is 4. The molecule has 0 aliphatic heterocycles. The van der Waals surface area contributed by atoms with E-state index in [0.29, 0.717) is 17.1 Å². The number of benzene rings is 1. The van der Waals surface area contributed by atoms with Crippen LogP contribution in [0, 0.1) is 5.21 Å². The summed E-state index contributed by atoms with van der Waals surface area (Å²) in [5, 5.41) is 14.9. The van der Waals surface area contributed by atoms with Crippen LogP contribution in [0.4, 0.5) is 0 Å². The van der Waals surface area contributed by atoms with E-state index < -0.39 is 0 Å². The molecular formula is C10H9BrN2O3. The maximum absolute atomic E-state index is 11.4. The van der Waals surface area contributed by atoms with Gasteiger partial charge in [0.15, 0.2) is 0 Å². The molecule has 0 saturated carbocycles. The van der Waals surface area contributed by atoms with Crippen LogP contribution in [0.15, 0.2) is 33.4 Å². The SMILES string of the molecule is CCOc1no[n+]([O-])c1-c1ccc(Br)cc1. The van der Waals surface area contributed by atoms with Gasteiger partial charge in [0, 0.05) is 10.0 Å². The molecule has 0 saturated heterocycles. The van der Waals surface area contributed by atoms with E-state index in [-0.39, 0.29) is 11.6 Å². The fourth-order valence-corrected chi connectivity index (χ4v) is 1.57. The minimum atomic E-state index is 0.208. The summed E-state index contributed by atoms with van der Waals surface area (Å²) in [4.78, 5) is 0.341. The lowest BCUT2D eigenvalue weighted by Gasteiger charge is -1.99. The van der Waals surface area contributed by atoms with Crippen LogP contribution in [-0.2, 0) is 0 Å². The molecule has 1 heterocycles. The van der Waals surface area contributed by atoms with Crippen molar-refractivity contribution in [2.75, 3.05) is 6.61 Å². The van der Waals surface area contributed by atoms with Gasteiger partial charge in [-0.3, -0.25) is 4.63 Å². The molecule has 0 unspecified atom stereocenters. The first-order valence-corrected chi connectivity index (χ1v) is 5.50. The van der Waals surface area contributed by atoms with Gasteiger partial charge >= 0.3 is 5.88 Å². The summed E-state index contributed by atoms with van der Waals surface area (Å²) in [6, 6.07) is 7.23. The molecule has 0 fully saturated rings. The third-order valence-electron chi connectivity index (χ3n) is 1.98. The number of hydrogen-bond donors (Lipinski definition) is 0. The average Bonchev–Trinajstić information content (AvgIpc) is 2.62. The zero-order valence-electron chi connectivity index (χ0n) is 8.51. The van der Waals surface area contributed by atoms with Crippen molar-refractivity contribution in [3.8, 4) is 17.1 Å². The number of aromatic nitrogens is 2. The second kappa shape index (κ2) is 4.52.